The predicted octanol–water partition coefficient (Wildman–Crippen LogP) is 3.55. The molecule has 1 fully saturated rings. The van der Waals surface area contributed by atoms with Gasteiger partial charge in [0.05, 0.1) is 18.2 Å². The quantitative estimate of drug-likeness (QED) is 0.425. The fourth-order valence-electron chi connectivity index (χ4n) is 4.49. The van der Waals surface area contributed by atoms with Crippen LogP contribution in [0.2, 0.25) is 0 Å². The lowest BCUT2D eigenvalue weighted by molar-refractivity contribution is -0.389. The lowest BCUT2D eigenvalue weighted by Gasteiger charge is -2.44. The number of rotatable bonds is 5. The highest BCUT2D eigenvalue weighted by molar-refractivity contribution is 5.30. The van der Waals surface area contributed by atoms with Crippen molar-refractivity contribution in [2.75, 3.05) is 19.6 Å². The third-order valence-electron chi connectivity index (χ3n) is 5.79. The van der Waals surface area contributed by atoms with E-state index in [1.807, 2.05) is 26.0 Å². The first-order valence-corrected chi connectivity index (χ1v) is 10.3. The van der Waals surface area contributed by atoms with Crippen molar-refractivity contribution >= 4 is 5.82 Å². The highest BCUT2D eigenvalue weighted by Crippen LogP contribution is 2.36. The Morgan fingerprint density at radius 1 is 1.38 bits per heavy atom. The minimum Gasteiger partial charge on any atom is -0.436 e. The molecule has 3 atom stereocenters. The van der Waals surface area contributed by atoms with Gasteiger partial charge in [0, 0.05) is 30.7 Å². The van der Waals surface area contributed by atoms with Crippen LogP contribution < -0.4 is 10.1 Å². The summed E-state index contributed by atoms with van der Waals surface area (Å²) in [5.41, 5.74) is -0.597. The molecule has 4 rings (SSSR count). The van der Waals surface area contributed by atoms with Crippen LogP contribution in [0.4, 0.5) is 19.0 Å². The van der Waals surface area contributed by atoms with Crippen molar-refractivity contribution in [1.29, 1.82) is 0 Å². The maximum atomic E-state index is 13.0. The first kappa shape index (κ1) is 22.3. The number of nitrogens with one attached hydrogen (secondary N) is 1. The number of alkyl halides is 3. The smallest absolute Gasteiger partial charge is 0.416 e. The molecule has 1 saturated heterocycles. The number of imidazole rings is 1. The molecule has 0 aliphatic carbocycles. The Kier molecular flexibility index (Phi) is 5.72. The van der Waals surface area contributed by atoms with Gasteiger partial charge >= 0.3 is 18.0 Å². The molecule has 8 nitrogen and oxygen atoms in total. The summed E-state index contributed by atoms with van der Waals surface area (Å²) in [7, 11) is 0. The molecular weight excluding hydrogens is 427 g/mol. The van der Waals surface area contributed by atoms with E-state index in [4.69, 9.17) is 4.74 Å². The van der Waals surface area contributed by atoms with Crippen LogP contribution in [-0.2, 0) is 12.7 Å². The monoisotopic (exact) mass is 451 g/mol. The third kappa shape index (κ3) is 4.35. The molecule has 3 unspecified atom stereocenters. The fourth-order valence-corrected chi connectivity index (χ4v) is 4.49. The molecule has 1 N–H and O–H groups in total. The zero-order valence-corrected chi connectivity index (χ0v) is 17.7. The summed E-state index contributed by atoms with van der Waals surface area (Å²) in [5, 5.41) is 14.4. The molecule has 1 aromatic heterocycles. The topological polar surface area (TPSA) is 85.5 Å². The third-order valence-corrected chi connectivity index (χ3v) is 5.79. The number of piperazine rings is 1. The second-order valence-corrected chi connectivity index (χ2v) is 8.36. The van der Waals surface area contributed by atoms with Crippen LogP contribution in [0, 0.1) is 10.1 Å². The van der Waals surface area contributed by atoms with Crippen LogP contribution in [0.5, 0.6) is 6.01 Å². The standard InChI is InChI=1S/C21H24F3N5O3/c1-3-4-16-18(14-5-7-15(8-6-14)21(22,23)24)27(10-9-25-16)12-20(2)13-28-11-17(29(30)31)26-19(28)32-20/h3-8,11,16,18,25H,9-10,12-13H2,1-2H3. The number of allylic oxidation sites excluding steroid dienone is 1. The second kappa shape index (κ2) is 8.21. The van der Waals surface area contributed by atoms with Gasteiger partial charge in [0.1, 0.15) is 11.8 Å². The van der Waals surface area contributed by atoms with E-state index in [9.17, 15) is 23.3 Å². The Morgan fingerprint density at radius 3 is 2.69 bits per heavy atom. The van der Waals surface area contributed by atoms with Crippen LogP contribution in [0.3, 0.4) is 0 Å². The minimum atomic E-state index is -4.39. The average Bonchev–Trinajstić information content (AvgIpc) is 3.23. The lowest BCUT2D eigenvalue weighted by Crippen LogP contribution is -2.56. The van der Waals surface area contributed by atoms with Crippen molar-refractivity contribution in [3.05, 3.63) is 63.9 Å². The van der Waals surface area contributed by atoms with Crippen LogP contribution >= 0.6 is 0 Å². The van der Waals surface area contributed by atoms with Gasteiger partial charge in [-0.15, -0.1) is 0 Å². The number of halogens is 3. The van der Waals surface area contributed by atoms with Crippen LogP contribution in [-0.4, -0.2) is 50.7 Å². The Bertz CT molecular complexity index is 995. The lowest BCUT2D eigenvalue weighted by atomic mass is 9.92. The fraction of sp³-hybridized carbons (Fsp3) is 0.476. The van der Waals surface area contributed by atoms with Gasteiger partial charge in [-0.2, -0.15) is 13.2 Å². The van der Waals surface area contributed by atoms with Crippen molar-refractivity contribution in [2.24, 2.45) is 0 Å². The van der Waals surface area contributed by atoms with Gasteiger partial charge in [-0.05, 0) is 36.5 Å². The van der Waals surface area contributed by atoms with Crippen molar-refractivity contribution in [3.8, 4) is 6.01 Å². The van der Waals surface area contributed by atoms with E-state index >= 15 is 0 Å². The maximum absolute atomic E-state index is 13.0. The van der Waals surface area contributed by atoms with E-state index in [1.54, 1.807) is 4.57 Å². The highest BCUT2D eigenvalue weighted by Gasteiger charge is 2.44. The van der Waals surface area contributed by atoms with Crippen molar-refractivity contribution in [1.82, 2.24) is 19.8 Å². The number of fused-ring (bicyclic) bond motifs is 1. The van der Waals surface area contributed by atoms with Crippen LogP contribution in [0.15, 0.2) is 42.6 Å². The number of nitro groups is 1. The summed E-state index contributed by atoms with van der Waals surface area (Å²) in [6.07, 6.45) is 0.885. The Morgan fingerprint density at radius 2 is 2.09 bits per heavy atom. The SMILES string of the molecule is CC=CC1NCCN(CC2(C)Cn3cc([N+](=O)[O-])nc3O2)C1c1ccc(C(F)(F)F)cc1. The van der Waals surface area contributed by atoms with Gasteiger partial charge in [-0.25, -0.2) is 0 Å². The van der Waals surface area contributed by atoms with Crippen LogP contribution in [0.25, 0.3) is 0 Å². The maximum Gasteiger partial charge on any atom is 0.416 e. The van der Waals surface area contributed by atoms with E-state index in [1.165, 1.54) is 18.3 Å². The second-order valence-electron chi connectivity index (χ2n) is 8.36. The number of hydrogen-bond acceptors (Lipinski definition) is 6. The number of aromatic nitrogens is 2. The number of ether oxygens (including phenoxy) is 1. The first-order valence-electron chi connectivity index (χ1n) is 10.3. The van der Waals surface area contributed by atoms with E-state index < -0.39 is 22.3 Å². The van der Waals surface area contributed by atoms with E-state index in [2.05, 4.69) is 15.2 Å². The number of nitrogens with zero attached hydrogens (tertiary/aromatic N) is 4. The summed E-state index contributed by atoms with van der Waals surface area (Å²) in [5.74, 6) is -0.264. The molecule has 11 heteroatoms. The molecule has 0 amide bonds. The molecule has 1 aromatic carbocycles. The molecule has 2 aliphatic rings. The minimum absolute atomic E-state index is 0.0892. The largest absolute Gasteiger partial charge is 0.436 e. The molecule has 32 heavy (non-hydrogen) atoms. The van der Waals surface area contributed by atoms with Crippen molar-refractivity contribution in [2.45, 2.75) is 44.3 Å². The zero-order valence-electron chi connectivity index (χ0n) is 17.7. The van der Waals surface area contributed by atoms with Crippen molar-refractivity contribution < 1.29 is 22.8 Å². The van der Waals surface area contributed by atoms with Gasteiger partial charge in [-0.1, -0.05) is 24.3 Å². The Balaban J connectivity index is 1.58. The molecule has 0 spiro atoms. The summed E-state index contributed by atoms with van der Waals surface area (Å²) < 4.78 is 46.7. The number of hydrogen-bond donors (Lipinski definition) is 1. The molecule has 2 aromatic rings. The first-order chi connectivity index (χ1) is 15.1. The summed E-state index contributed by atoms with van der Waals surface area (Å²) in [4.78, 5) is 16.5. The molecule has 0 bridgehead atoms. The molecular formula is C21H24F3N5O3. The highest BCUT2D eigenvalue weighted by atomic mass is 19.4. The molecule has 0 radical (unpaired) electrons. The van der Waals surface area contributed by atoms with Crippen LogP contribution in [0.1, 0.15) is 31.0 Å². The Labute approximate surface area is 182 Å². The Hall–Kier alpha value is -2.92. The van der Waals surface area contributed by atoms with Gasteiger partial charge in [0.25, 0.3) is 0 Å². The normalized spacial score (nSPS) is 26.3. The summed E-state index contributed by atoms with van der Waals surface area (Å²) in [6.45, 7) is 6.05. The predicted molar refractivity (Wildman–Crippen MR) is 110 cm³/mol. The van der Waals surface area contributed by atoms with E-state index in [0.717, 1.165) is 17.7 Å². The van der Waals surface area contributed by atoms with E-state index in [0.29, 0.717) is 26.2 Å². The number of benzene rings is 1. The van der Waals surface area contributed by atoms with Gasteiger partial charge in [0.15, 0.2) is 0 Å². The summed E-state index contributed by atoms with van der Waals surface area (Å²) >= 11 is 0. The van der Waals surface area contributed by atoms with Gasteiger partial charge < -0.3 is 20.2 Å². The van der Waals surface area contributed by atoms with Crippen molar-refractivity contribution in [3.63, 3.8) is 0 Å². The van der Waals surface area contributed by atoms with Gasteiger partial charge in [-0.3, -0.25) is 9.47 Å². The molecule has 172 valence electrons. The molecule has 2 aliphatic heterocycles. The van der Waals surface area contributed by atoms with E-state index in [-0.39, 0.29) is 23.9 Å². The summed E-state index contributed by atoms with van der Waals surface area (Å²) in [6, 6.07) is 5.17. The average molecular weight is 451 g/mol. The molecule has 0 saturated carbocycles. The van der Waals surface area contributed by atoms with Gasteiger partial charge in [0.2, 0.25) is 0 Å². The zero-order chi connectivity index (χ0) is 23.1. The molecule has 3 heterocycles.